The zero-order chi connectivity index (χ0) is 37.7. The number of carbonyl (C=O) groups excluding carboxylic acids is 7. The molecule has 7 amide bonds. The van der Waals surface area contributed by atoms with Crippen LogP contribution in [0, 0.1) is 22.7 Å². The number of urea groups is 1. The van der Waals surface area contributed by atoms with E-state index in [4.69, 9.17) is 4.74 Å². The highest BCUT2D eigenvalue weighted by molar-refractivity contribution is 6.38. The van der Waals surface area contributed by atoms with Crippen molar-refractivity contribution in [3.8, 4) is 0 Å². The average molecular weight is 716 g/mol. The van der Waals surface area contributed by atoms with Gasteiger partial charge in [0.25, 0.3) is 5.91 Å². The summed E-state index contributed by atoms with van der Waals surface area (Å²) in [6, 6.07) is -4.44. The molecule has 0 spiro atoms. The number of carbonyl (C=O) groups is 7. The Morgan fingerprint density at radius 1 is 1.04 bits per heavy atom. The molecule has 15 heteroatoms. The Labute approximate surface area is 301 Å². The van der Waals surface area contributed by atoms with Gasteiger partial charge in [-0.3, -0.25) is 38.6 Å². The summed E-state index contributed by atoms with van der Waals surface area (Å²) >= 11 is 0. The molecule has 15 nitrogen and oxygen atoms in total. The molecule has 3 heterocycles. The van der Waals surface area contributed by atoms with Gasteiger partial charge in [0.2, 0.25) is 29.4 Å². The first kappa shape index (κ1) is 39.9. The van der Waals surface area contributed by atoms with E-state index in [1.54, 1.807) is 11.9 Å². The number of piperazine rings is 1. The molecule has 3 aliphatic heterocycles. The highest BCUT2D eigenvalue weighted by Crippen LogP contribution is 2.64. The predicted octanol–water partition coefficient (Wildman–Crippen LogP) is 0.579. The van der Waals surface area contributed by atoms with Gasteiger partial charge in [0.15, 0.2) is 0 Å². The summed E-state index contributed by atoms with van der Waals surface area (Å²) in [6.07, 6.45) is 5.58. The van der Waals surface area contributed by atoms with Gasteiger partial charge in [-0.05, 0) is 42.6 Å². The third-order valence-corrected chi connectivity index (χ3v) is 10.8. The van der Waals surface area contributed by atoms with Crippen LogP contribution in [0.25, 0.3) is 0 Å². The average Bonchev–Trinajstić information content (AvgIpc) is 3.35. The van der Waals surface area contributed by atoms with Gasteiger partial charge in [0.1, 0.15) is 12.1 Å². The fourth-order valence-corrected chi connectivity index (χ4v) is 7.52. The third kappa shape index (κ3) is 9.73. The van der Waals surface area contributed by atoms with Crippen molar-refractivity contribution in [1.29, 1.82) is 0 Å². The van der Waals surface area contributed by atoms with Gasteiger partial charge in [0, 0.05) is 26.2 Å². The van der Waals surface area contributed by atoms with Crippen molar-refractivity contribution >= 4 is 41.4 Å². The lowest BCUT2D eigenvalue weighted by Crippen LogP contribution is -2.62. The zero-order valence-corrected chi connectivity index (χ0v) is 31.0. The molecule has 51 heavy (non-hydrogen) atoms. The van der Waals surface area contributed by atoms with E-state index in [-0.39, 0.29) is 74.8 Å². The summed E-state index contributed by atoms with van der Waals surface area (Å²) in [4.78, 5) is 97.6. The smallest absolute Gasteiger partial charge is 0.315 e. The van der Waals surface area contributed by atoms with Crippen LogP contribution in [0.15, 0.2) is 12.7 Å². The molecule has 0 bridgehead atoms. The van der Waals surface area contributed by atoms with Crippen LogP contribution < -0.4 is 21.3 Å². The van der Waals surface area contributed by atoms with E-state index < -0.39 is 59.1 Å². The molecule has 3 saturated heterocycles. The fraction of sp³-hybridized carbons (Fsp3) is 0.750. The molecule has 1 aliphatic carbocycles. The first-order chi connectivity index (χ1) is 24.0. The van der Waals surface area contributed by atoms with Crippen molar-refractivity contribution in [2.24, 2.45) is 22.7 Å². The van der Waals surface area contributed by atoms with E-state index in [9.17, 15) is 33.6 Å². The van der Waals surface area contributed by atoms with Gasteiger partial charge in [0.05, 0.1) is 31.8 Å². The molecule has 0 aromatic heterocycles. The number of fused-ring (bicyclic) bond motifs is 3. The van der Waals surface area contributed by atoms with Crippen LogP contribution in [0.5, 0.6) is 0 Å². The molecule has 1 saturated carbocycles. The second kappa shape index (κ2) is 16.7. The van der Waals surface area contributed by atoms with Crippen LogP contribution >= 0.6 is 0 Å². The molecular formula is C36H57N7O8. The molecule has 0 radical (unpaired) electrons. The maximum absolute atomic E-state index is 14.3. The van der Waals surface area contributed by atoms with Crippen molar-refractivity contribution in [1.82, 2.24) is 36.0 Å². The van der Waals surface area contributed by atoms with Crippen molar-refractivity contribution in [3.05, 3.63) is 12.7 Å². The zero-order valence-electron chi connectivity index (χ0n) is 31.0. The lowest BCUT2D eigenvalue weighted by atomic mass is 9.86. The van der Waals surface area contributed by atoms with E-state index in [1.165, 1.54) is 15.9 Å². The Morgan fingerprint density at radius 2 is 1.69 bits per heavy atom. The fourth-order valence-electron chi connectivity index (χ4n) is 7.52. The van der Waals surface area contributed by atoms with Gasteiger partial charge >= 0.3 is 6.03 Å². The Bertz CT molecular complexity index is 1360. The highest BCUT2D eigenvalue weighted by Gasteiger charge is 2.69. The standard InChI is InChI=1S/C36H57N7O8/c1-8-15-37-32(48)30(46)23-14-12-10-9-11-13-16-51-21-24(33(49)43-17-22-28(36(22,5)6)29(43)31(47)38-23)39-34(50)40-25(35(2,3)4)18-42-26(44)19-41(7)20-27(42)45/h8,22-25,28-29H,1,9-21H2,2-7H3,(H,37,48)(H,38,47)(H2,39,40,50)/t22-,23-,24-,25+,28-,29-/m0/s1. The Balaban J connectivity index is 1.55. The van der Waals surface area contributed by atoms with Crippen LogP contribution in [0.3, 0.4) is 0 Å². The van der Waals surface area contributed by atoms with Gasteiger partial charge in [-0.25, -0.2) is 4.79 Å². The molecule has 4 rings (SSSR count). The monoisotopic (exact) mass is 715 g/mol. The maximum Gasteiger partial charge on any atom is 0.315 e. The minimum Gasteiger partial charge on any atom is -0.379 e. The lowest BCUT2D eigenvalue weighted by molar-refractivity contribution is -0.151. The first-order valence-electron chi connectivity index (χ1n) is 18.2. The van der Waals surface area contributed by atoms with Crippen LogP contribution in [-0.4, -0.2) is 133 Å². The summed E-state index contributed by atoms with van der Waals surface area (Å²) in [6.45, 7) is 14.1. The van der Waals surface area contributed by atoms with Crippen LogP contribution in [-0.2, 0) is 33.5 Å². The van der Waals surface area contributed by atoms with Crippen molar-refractivity contribution in [2.75, 3.05) is 53.0 Å². The third-order valence-electron chi connectivity index (χ3n) is 10.8. The quantitative estimate of drug-likeness (QED) is 0.159. The van der Waals surface area contributed by atoms with Crippen molar-refractivity contribution < 1.29 is 38.3 Å². The molecule has 0 aromatic rings. The van der Waals surface area contributed by atoms with Crippen LogP contribution in [0.1, 0.15) is 73.1 Å². The van der Waals surface area contributed by atoms with E-state index in [1.807, 2.05) is 34.6 Å². The Kier molecular flexibility index (Phi) is 13.0. The number of hydrogen-bond donors (Lipinski definition) is 4. The second-order valence-corrected chi connectivity index (χ2v) is 16.1. The summed E-state index contributed by atoms with van der Waals surface area (Å²) < 4.78 is 5.92. The largest absolute Gasteiger partial charge is 0.379 e. The second-order valence-electron chi connectivity index (χ2n) is 16.1. The highest BCUT2D eigenvalue weighted by atomic mass is 16.5. The van der Waals surface area contributed by atoms with E-state index in [0.29, 0.717) is 13.0 Å². The number of amides is 7. The Hall–Kier alpha value is -3.85. The first-order valence-corrected chi connectivity index (χ1v) is 18.2. The number of nitrogens with one attached hydrogen (secondary N) is 4. The number of hydrogen-bond acceptors (Lipinski definition) is 9. The van der Waals surface area contributed by atoms with Gasteiger partial charge in [-0.1, -0.05) is 66.4 Å². The van der Waals surface area contributed by atoms with E-state index in [0.717, 1.165) is 25.7 Å². The van der Waals surface area contributed by atoms with Crippen molar-refractivity contribution in [2.45, 2.75) is 97.3 Å². The number of Topliss-reactive ketones (excluding diaryl/α,β-unsaturated/α-hetero) is 1. The molecular weight excluding hydrogens is 658 g/mol. The van der Waals surface area contributed by atoms with Crippen LogP contribution in [0.4, 0.5) is 4.79 Å². The molecule has 0 unspecified atom stereocenters. The predicted molar refractivity (Wildman–Crippen MR) is 188 cm³/mol. The SMILES string of the molecule is C=CCNC(=O)C(=O)[C@@H]1CCCCCCCOC[C@H](NC(=O)N[C@H](CN2C(=O)CN(C)CC2=O)C(C)(C)C)C(=O)N2C[C@H]3[C@@H]([C@H]2C(=O)N1)C3(C)C. The van der Waals surface area contributed by atoms with Gasteiger partial charge in [-0.15, -0.1) is 6.58 Å². The number of likely N-dealkylation sites (N-methyl/N-ethyl adjacent to an activating group) is 1. The minimum atomic E-state index is -1.15. The number of ether oxygens (including phenoxy) is 1. The van der Waals surface area contributed by atoms with E-state index >= 15 is 0 Å². The van der Waals surface area contributed by atoms with Crippen molar-refractivity contribution in [3.63, 3.8) is 0 Å². The molecule has 4 aliphatic rings. The summed E-state index contributed by atoms with van der Waals surface area (Å²) in [5.74, 6) is -3.41. The summed E-state index contributed by atoms with van der Waals surface area (Å²) in [5, 5.41) is 11.0. The number of nitrogens with zero attached hydrogens (tertiary/aromatic N) is 3. The minimum absolute atomic E-state index is 0.0312. The number of rotatable bonds is 8. The topological polar surface area (TPSA) is 187 Å². The molecule has 284 valence electrons. The Morgan fingerprint density at radius 3 is 2.33 bits per heavy atom. The van der Waals surface area contributed by atoms with E-state index in [2.05, 4.69) is 27.8 Å². The van der Waals surface area contributed by atoms with Gasteiger partial charge in [-0.2, -0.15) is 0 Å². The number of imide groups is 1. The normalized spacial score (nSPS) is 28.5. The van der Waals surface area contributed by atoms with Gasteiger partial charge < -0.3 is 30.9 Å². The van der Waals surface area contributed by atoms with Crippen LogP contribution in [0.2, 0.25) is 0 Å². The summed E-state index contributed by atoms with van der Waals surface area (Å²) in [7, 11) is 1.69. The number of ketones is 1. The molecule has 4 N–H and O–H groups in total. The molecule has 6 atom stereocenters. The number of piperidine rings is 1. The summed E-state index contributed by atoms with van der Waals surface area (Å²) in [5.41, 5.74) is -0.793. The molecule has 0 aromatic carbocycles. The maximum atomic E-state index is 14.3. The molecule has 4 fully saturated rings. The lowest BCUT2D eigenvalue weighted by Gasteiger charge is -2.38.